The van der Waals surface area contributed by atoms with Crippen LogP contribution in [0.25, 0.3) is 0 Å². The van der Waals surface area contributed by atoms with Crippen LogP contribution in [0, 0.1) is 0 Å². The molecule has 0 saturated carbocycles. The molecule has 1 N–H and O–H groups in total. The molecule has 0 fully saturated rings. The molecule has 0 saturated heterocycles. The van der Waals surface area contributed by atoms with Crippen molar-refractivity contribution in [2.75, 3.05) is 0 Å². The molecule has 0 spiro atoms. The van der Waals surface area contributed by atoms with E-state index < -0.39 is 39.2 Å². The van der Waals surface area contributed by atoms with E-state index in [0.717, 1.165) is 18.2 Å². The van der Waals surface area contributed by atoms with Gasteiger partial charge in [0.05, 0.1) is 28.2 Å². The Labute approximate surface area is 178 Å². The van der Waals surface area contributed by atoms with Crippen molar-refractivity contribution in [3.8, 4) is 0 Å². The van der Waals surface area contributed by atoms with Gasteiger partial charge in [-0.25, -0.2) is 9.59 Å². The minimum absolute atomic E-state index is 0. The fourth-order valence-corrected chi connectivity index (χ4v) is 2.10. The first-order valence-electron chi connectivity index (χ1n) is 6.55. The van der Waals surface area contributed by atoms with Crippen LogP contribution < -0.4 is 0 Å². The van der Waals surface area contributed by atoms with Gasteiger partial charge in [0, 0.05) is 0 Å². The first-order chi connectivity index (χ1) is 10.0. The maximum Gasteiger partial charge on any atom is 2.00 e. The normalized spacial score (nSPS) is 11.1. The van der Waals surface area contributed by atoms with Gasteiger partial charge in [-0.2, -0.15) is 8.42 Å². The second-order valence-electron chi connectivity index (χ2n) is 5.13. The van der Waals surface area contributed by atoms with E-state index in [9.17, 15) is 18.0 Å². The Hall–Kier alpha value is -0.359. The van der Waals surface area contributed by atoms with Crippen molar-refractivity contribution in [2.24, 2.45) is 0 Å². The van der Waals surface area contributed by atoms with Crippen LogP contribution in [-0.4, -0.2) is 86.0 Å². The van der Waals surface area contributed by atoms with Crippen LogP contribution in [-0.2, 0) is 19.6 Å². The Morgan fingerprint density at radius 1 is 0.957 bits per heavy atom. The molecule has 1 aromatic rings. The van der Waals surface area contributed by atoms with Gasteiger partial charge in [0.1, 0.15) is 0 Å². The number of ether oxygens (including phenoxy) is 2. The summed E-state index contributed by atoms with van der Waals surface area (Å²) in [5, 5.41) is 0. The van der Waals surface area contributed by atoms with E-state index in [0.29, 0.717) is 0 Å². The summed E-state index contributed by atoms with van der Waals surface area (Å²) < 4.78 is 41.6. The van der Waals surface area contributed by atoms with Gasteiger partial charge in [-0.05, 0) is 45.9 Å². The average molecular weight is 470 g/mol. The van der Waals surface area contributed by atoms with Gasteiger partial charge in [0.15, 0.2) is 0 Å². The van der Waals surface area contributed by atoms with Gasteiger partial charge in [-0.3, -0.25) is 4.55 Å². The van der Waals surface area contributed by atoms with E-state index in [1.165, 1.54) is 0 Å². The molecule has 7 nitrogen and oxygen atoms in total. The molecule has 0 radical (unpaired) electrons. The summed E-state index contributed by atoms with van der Waals surface area (Å²) in [7, 11) is -4.59. The SMILES string of the molecule is CC(C)OC(=O)c1cc(C(=O)OC(C)C)cc(S(=O)(=O)O)c1.[Ba+2].[H-].[H-]. The Balaban J connectivity index is -0.00000161. The largest absolute Gasteiger partial charge is 2.00 e. The van der Waals surface area contributed by atoms with Crippen LogP contribution in [0.1, 0.15) is 51.3 Å². The quantitative estimate of drug-likeness (QED) is 0.399. The maximum atomic E-state index is 11.9. The van der Waals surface area contributed by atoms with E-state index in [1.807, 2.05) is 0 Å². The fraction of sp³-hybridized carbons (Fsp3) is 0.429. The molecule has 0 atom stereocenters. The Morgan fingerprint density at radius 3 is 1.57 bits per heavy atom. The third kappa shape index (κ3) is 7.38. The molecule has 0 aliphatic heterocycles. The number of carbonyl (C=O) groups is 2. The van der Waals surface area contributed by atoms with Gasteiger partial charge >= 0.3 is 60.8 Å². The predicted molar refractivity (Wildman–Crippen MR) is 85.3 cm³/mol. The molecule has 0 aliphatic rings. The third-order valence-corrected chi connectivity index (χ3v) is 3.19. The zero-order chi connectivity index (χ0) is 17.1. The van der Waals surface area contributed by atoms with Crippen molar-refractivity contribution in [1.82, 2.24) is 0 Å². The minimum atomic E-state index is -4.59. The van der Waals surface area contributed by atoms with Crippen LogP contribution in [0.4, 0.5) is 0 Å². The van der Waals surface area contributed by atoms with E-state index in [1.54, 1.807) is 27.7 Å². The predicted octanol–water partition coefficient (Wildman–Crippen LogP) is 1.91. The van der Waals surface area contributed by atoms with E-state index in [-0.39, 0.29) is 62.9 Å². The number of hydrogen-bond donors (Lipinski definition) is 1. The number of benzene rings is 1. The number of esters is 2. The standard InChI is InChI=1S/C14H18O7S.Ba.2H/c1-8(2)20-13(15)10-5-11(14(16)21-9(3)4)7-12(6-10)22(17,18)19;;;/h5-9H,1-4H3,(H,17,18,19);;;/q;+2;2*-1. The molecule has 0 bridgehead atoms. The molecule has 0 aliphatic carbocycles. The molecule has 0 unspecified atom stereocenters. The van der Waals surface area contributed by atoms with Gasteiger partial charge in [0.2, 0.25) is 0 Å². The van der Waals surface area contributed by atoms with Crippen molar-refractivity contribution in [1.29, 1.82) is 0 Å². The molecule has 1 aromatic carbocycles. The van der Waals surface area contributed by atoms with Crippen LogP contribution >= 0.6 is 0 Å². The summed E-state index contributed by atoms with van der Waals surface area (Å²) in [5.74, 6) is -1.61. The monoisotopic (exact) mass is 470 g/mol. The molecule has 126 valence electrons. The summed E-state index contributed by atoms with van der Waals surface area (Å²) in [6, 6.07) is 3.03. The van der Waals surface area contributed by atoms with E-state index in [4.69, 9.17) is 14.0 Å². The zero-order valence-corrected chi connectivity index (χ0v) is 18.7. The molecule has 9 heteroatoms. The molecule has 0 heterocycles. The number of hydrogen-bond acceptors (Lipinski definition) is 6. The molecule has 1 rings (SSSR count). The minimum Gasteiger partial charge on any atom is -1.00 e. The molecule has 23 heavy (non-hydrogen) atoms. The molecule has 0 amide bonds. The summed E-state index contributed by atoms with van der Waals surface area (Å²) in [5.41, 5.74) is -0.334. The maximum absolute atomic E-state index is 11.9. The van der Waals surface area contributed by atoms with Gasteiger partial charge in [-0.1, -0.05) is 0 Å². The van der Waals surface area contributed by atoms with Gasteiger partial charge < -0.3 is 12.3 Å². The summed E-state index contributed by atoms with van der Waals surface area (Å²) in [6.45, 7) is 6.49. The van der Waals surface area contributed by atoms with E-state index in [2.05, 4.69) is 0 Å². The van der Waals surface area contributed by atoms with Crippen molar-refractivity contribution in [3.63, 3.8) is 0 Å². The number of carbonyl (C=O) groups excluding carboxylic acids is 2. The smallest absolute Gasteiger partial charge is 1.00 e. The Bertz CT molecular complexity index is 650. The van der Waals surface area contributed by atoms with Crippen molar-refractivity contribution < 1.29 is 34.9 Å². The summed E-state index contributed by atoms with van der Waals surface area (Å²) in [6.07, 6.45) is -0.846. The third-order valence-electron chi connectivity index (χ3n) is 2.36. The van der Waals surface area contributed by atoms with Crippen LogP contribution in [0.2, 0.25) is 0 Å². The van der Waals surface area contributed by atoms with Crippen molar-refractivity contribution in [2.45, 2.75) is 44.8 Å². The van der Waals surface area contributed by atoms with Crippen molar-refractivity contribution in [3.05, 3.63) is 29.3 Å². The van der Waals surface area contributed by atoms with E-state index >= 15 is 0 Å². The molecule has 0 aromatic heterocycles. The van der Waals surface area contributed by atoms with Crippen LogP contribution in [0.15, 0.2) is 23.1 Å². The van der Waals surface area contributed by atoms with Gasteiger partial charge in [0.25, 0.3) is 10.1 Å². The second kappa shape index (κ2) is 9.21. The van der Waals surface area contributed by atoms with Crippen LogP contribution in [0.3, 0.4) is 0 Å². The van der Waals surface area contributed by atoms with Gasteiger partial charge in [-0.15, -0.1) is 0 Å². The topological polar surface area (TPSA) is 107 Å². The number of rotatable bonds is 5. The average Bonchev–Trinajstić information content (AvgIpc) is 2.35. The summed E-state index contributed by atoms with van der Waals surface area (Å²) in [4.78, 5) is 23.2. The van der Waals surface area contributed by atoms with Crippen molar-refractivity contribution >= 4 is 70.9 Å². The summed E-state index contributed by atoms with van der Waals surface area (Å²) >= 11 is 0. The Morgan fingerprint density at radius 2 is 1.30 bits per heavy atom. The molecular weight excluding hydrogens is 450 g/mol. The second-order valence-corrected chi connectivity index (χ2v) is 6.55. The first kappa shape index (κ1) is 22.6. The first-order valence-corrected chi connectivity index (χ1v) is 7.99. The Kier molecular flexibility index (Phi) is 9.07. The van der Waals surface area contributed by atoms with Crippen LogP contribution in [0.5, 0.6) is 0 Å². The molecular formula is C14H20BaO7S. The fourth-order valence-electron chi connectivity index (χ4n) is 1.55. The zero-order valence-electron chi connectivity index (χ0n) is 15.4.